The second kappa shape index (κ2) is 8.34. The Hall–Kier alpha value is -3.08. The van der Waals surface area contributed by atoms with Crippen molar-refractivity contribution in [1.29, 1.82) is 0 Å². The third-order valence-corrected chi connectivity index (χ3v) is 4.04. The van der Waals surface area contributed by atoms with E-state index in [9.17, 15) is 4.79 Å². The molecule has 2 aromatic carbocycles. The van der Waals surface area contributed by atoms with Gasteiger partial charge in [-0.25, -0.2) is 4.98 Å². The average Bonchev–Trinajstić information content (AvgIpc) is 3.15. The van der Waals surface area contributed by atoms with Crippen LogP contribution in [0.25, 0.3) is 0 Å². The molecule has 0 spiro atoms. The molecule has 0 bridgehead atoms. The highest BCUT2D eigenvalue weighted by molar-refractivity contribution is 5.94. The molecule has 5 nitrogen and oxygen atoms in total. The van der Waals surface area contributed by atoms with Gasteiger partial charge in [-0.1, -0.05) is 29.8 Å². The SMILES string of the molecule is Cc1ccc(OCC(C)NC(=O)c2ccc(Cn3ccnc3)cc2)cc1. The molecule has 26 heavy (non-hydrogen) atoms. The molecule has 3 rings (SSSR count). The van der Waals surface area contributed by atoms with Crippen LogP contribution in [0.5, 0.6) is 5.75 Å². The van der Waals surface area contributed by atoms with Crippen molar-refractivity contribution in [2.45, 2.75) is 26.4 Å². The number of rotatable bonds is 7. The summed E-state index contributed by atoms with van der Waals surface area (Å²) in [7, 11) is 0. The van der Waals surface area contributed by atoms with Crippen molar-refractivity contribution < 1.29 is 9.53 Å². The Kier molecular flexibility index (Phi) is 5.69. The quantitative estimate of drug-likeness (QED) is 0.711. The van der Waals surface area contributed by atoms with E-state index in [1.807, 2.05) is 73.1 Å². The molecule has 0 saturated heterocycles. The van der Waals surface area contributed by atoms with Gasteiger partial charge >= 0.3 is 0 Å². The average molecular weight is 349 g/mol. The summed E-state index contributed by atoms with van der Waals surface area (Å²) in [6, 6.07) is 15.4. The van der Waals surface area contributed by atoms with Crippen molar-refractivity contribution in [3.8, 4) is 5.75 Å². The summed E-state index contributed by atoms with van der Waals surface area (Å²) >= 11 is 0. The van der Waals surface area contributed by atoms with Crippen LogP contribution in [0.15, 0.2) is 67.3 Å². The number of carbonyl (C=O) groups excluding carboxylic acids is 1. The van der Waals surface area contributed by atoms with Crippen molar-refractivity contribution >= 4 is 5.91 Å². The normalized spacial score (nSPS) is 11.8. The van der Waals surface area contributed by atoms with Crippen LogP contribution in [0.4, 0.5) is 0 Å². The van der Waals surface area contributed by atoms with E-state index in [0.29, 0.717) is 12.2 Å². The number of hydrogen-bond donors (Lipinski definition) is 1. The number of aryl methyl sites for hydroxylation is 1. The fourth-order valence-electron chi connectivity index (χ4n) is 2.56. The molecule has 3 aromatic rings. The highest BCUT2D eigenvalue weighted by Gasteiger charge is 2.10. The van der Waals surface area contributed by atoms with Crippen LogP contribution in [0.2, 0.25) is 0 Å². The fraction of sp³-hybridized carbons (Fsp3) is 0.238. The van der Waals surface area contributed by atoms with Crippen molar-refractivity contribution in [3.63, 3.8) is 0 Å². The van der Waals surface area contributed by atoms with Gasteiger partial charge in [0.05, 0.1) is 12.4 Å². The predicted molar refractivity (Wildman–Crippen MR) is 101 cm³/mol. The maximum absolute atomic E-state index is 12.4. The minimum atomic E-state index is -0.0980. The summed E-state index contributed by atoms with van der Waals surface area (Å²) in [6.45, 7) is 5.13. The third kappa shape index (κ3) is 4.96. The molecule has 1 amide bonds. The number of carbonyl (C=O) groups is 1. The van der Waals surface area contributed by atoms with Crippen LogP contribution in [-0.2, 0) is 6.54 Å². The second-order valence-electron chi connectivity index (χ2n) is 6.43. The summed E-state index contributed by atoms with van der Waals surface area (Å²) in [5, 5.41) is 2.96. The third-order valence-electron chi connectivity index (χ3n) is 4.04. The van der Waals surface area contributed by atoms with Gasteiger partial charge in [-0.2, -0.15) is 0 Å². The lowest BCUT2D eigenvalue weighted by atomic mass is 10.1. The first-order valence-electron chi connectivity index (χ1n) is 8.65. The summed E-state index contributed by atoms with van der Waals surface area (Å²) in [5.74, 6) is 0.708. The second-order valence-corrected chi connectivity index (χ2v) is 6.43. The first-order chi connectivity index (χ1) is 12.6. The minimum absolute atomic E-state index is 0.0885. The van der Waals surface area contributed by atoms with E-state index in [-0.39, 0.29) is 11.9 Å². The van der Waals surface area contributed by atoms with Crippen LogP contribution >= 0.6 is 0 Å². The van der Waals surface area contributed by atoms with Gasteiger partial charge in [-0.3, -0.25) is 4.79 Å². The summed E-state index contributed by atoms with van der Waals surface area (Å²) in [4.78, 5) is 16.4. The molecule has 134 valence electrons. The lowest BCUT2D eigenvalue weighted by molar-refractivity contribution is 0.0926. The van der Waals surface area contributed by atoms with Gasteiger partial charge in [-0.15, -0.1) is 0 Å². The van der Waals surface area contributed by atoms with Crippen molar-refractivity contribution in [2.75, 3.05) is 6.61 Å². The lowest BCUT2D eigenvalue weighted by Gasteiger charge is -2.15. The van der Waals surface area contributed by atoms with E-state index >= 15 is 0 Å². The van der Waals surface area contributed by atoms with Crippen LogP contribution in [0.3, 0.4) is 0 Å². The zero-order chi connectivity index (χ0) is 18.4. The van der Waals surface area contributed by atoms with Gasteiger partial charge in [0.1, 0.15) is 12.4 Å². The molecule has 1 atom stereocenters. The molecule has 0 aliphatic rings. The zero-order valence-electron chi connectivity index (χ0n) is 15.1. The van der Waals surface area contributed by atoms with E-state index < -0.39 is 0 Å². The molecule has 1 aromatic heterocycles. The Morgan fingerprint density at radius 1 is 1.15 bits per heavy atom. The largest absolute Gasteiger partial charge is 0.491 e. The van der Waals surface area contributed by atoms with E-state index in [1.54, 1.807) is 12.5 Å². The number of aromatic nitrogens is 2. The maximum atomic E-state index is 12.4. The van der Waals surface area contributed by atoms with Crippen LogP contribution < -0.4 is 10.1 Å². The number of amides is 1. The topological polar surface area (TPSA) is 56.1 Å². The maximum Gasteiger partial charge on any atom is 0.251 e. The number of nitrogens with one attached hydrogen (secondary N) is 1. The summed E-state index contributed by atoms with van der Waals surface area (Å²) < 4.78 is 7.70. The molecular weight excluding hydrogens is 326 g/mol. The predicted octanol–water partition coefficient (Wildman–Crippen LogP) is 3.44. The van der Waals surface area contributed by atoms with E-state index in [4.69, 9.17) is 4.74 Å². The van der Waals surface area contributed by atoms with E-state index in [1.165, 1.54) is 5.56 Å². The number of imidazole rings is 1. The number of ether oxygens (including phenoxy) is 1. The highest BCUT2D eigenvalue weighted by Crippen LogP contribution is 2.12. The fourth-order valence-corrected chi connectivity index (χ4v) is 2.56. The smallest absolute Gasteiger partial charge is 0.251 e. The number of nitrogens with zero attached hydrogens (tertiary/aromatic N) is 2. The molecule has 5 heteroatoms. The van der Waals surface area contributed by atoms with Crippen molar-refractivity contribution in [1.82, 2.24) is 14.9 Å². The molecule has 0 aliphatic heterocycles. The molecule has 0 saturated carbocycles. The van der Waals surface area contributed by atoms with Crippen LogP contribution in [-0.4, -0.2) is 28.1 Å². The molecular formula is C21H23N3O2. The van der Waals surface area contributed by atoms with Crippen LogP contribution in [0.1, 0.15) is 28.4 Å². The Morgan fingerprint density at radius 3 is 2.54 bits per heavy atom. The van der Waals surface area contributed by atoms with Gasteiger partial charge < -0.3 is 14.6 Å². The number of benzene rings is 2. The molecule has 0 fully saturated rings. The molecule has 0 aliphatic carbocycles. The Balaban J connectivity index is 1.49. The summed E-state index contributed by atoms with van der Waals surface area (Å²) in [6.07, 6.45) is 5.44. The lowest BCUT2D eigenvalue weighted by Crippen LogP contribution is -2.36. The Labute approximate surface area is 153 Å². The van der Waals surface area contributed by atoms with E-state index in [0.717, 1.165) is 17.9 Å². The molecule has 1 heterocycles. The summed E-state index contributed by atoms with van der Waals surface area (Å²) in [5.41, 5.74) is 2.95. The van der Waals surface area contributed by atoms with Gasteiger partial charge in [0.15, 0.2) is 0 Å². The van der Waals surface area contributed by atoms with Gasteiger partial charge in [0.25, 0.3) is 5.91 Å². The monoisotopic (exact) mass is 349 g/mol. The molecule has 1 N–H and O–H groups in total. The Bertz CT molecular complexity index is 825. The minimum Gasteiger partial charge on any atom is -0.491 e. The van der Waals surface area contributed by atoms with Gasteiger partial charge in [0, 0.05) is 24.5 Å². The molecule has 0 radical (unpaired) electrons. The number of hydrogen-bond acceptors (Lipinski definition) is 3. The Morgan fingerprint density at radius 2 is 1.88 bits per heavy atom. The highest BCUT2D eigenvalue weighted by atomic mass is 16.5. The first kappa shape index (κ1) is 17.7. The van der Waals surface area contributed by atoms with Crippen LogP contribution in [0, 0.1) is 6.92 Å². The van der Waals surface area contributed by atoms with Gasteiger partial charge in [-0.05, 0) is 43.7 Å². The standard InChI is InChI=1S/C21H23N3O2/c1-16-3-9-20(10-4-16)26-14-17(2)23-21(25)19-7-5-18(6-8-19)13-24-12-11-22-15-24/h3-12,15,17H,13-14H2,1-2H3,(H,23,25). The zero-order valence-corrected chi connectivity index (χ0v) is 15.1. The van der Waals surface area contributed by atoms with Crippen molar-refractivity contribution in [3.05, 3.63) is 83.9 Å². The van der Waals surface area contributed by atoms with Gasteiger partial charge in [0.2, 0.25) is 0 Å². The molecule has 1 unspecified atom stereocenters. The van der Waals surface area contributed by atoms with Crippen molar-refractivity contribution in [2.24, 2.45) is 0 Å². The first-order valence-corrected chi connectivity index (χ1v) is 8.65. The van der Waals surface area contributed by atoms with E-state index in [2.05, 4.69) is 10.3 Å².